The summed E-state index contributed by atoms with van der Waals surface area (Å²) < 4.78 is 0. The minimum Gasteiger partial charge on any atom is -0.376 e. The van der Waals surface area contributed by atoms with Crippen LogP contribution in [0.3, 0.4) is 0 Å². The fourth-order valence-electron chi connectivity index (χ4n) is 5.62. The first-order chi connectivity index (χ1) is 17.5. The molecule has 2 aliphatic rings. The van der Waals surface area contributed by atoms with Gasteiger partial charge in [0.2, 0.25) is 0 Å². The van der Waals surface area contributed by atoms with E-state index in [2.05, 4.69) is 0 Å². The summed E-state index contributed by atoms with van der Waals surface area (Å²) in [5.41, 5.74) is 1.34. The second-order valence-corrected chi connectivity index (χ2v) is 8.50. The molecule has 0 fully saturated rings. The maximum absolute atomic E-state index is 12.9. The molecule has 0 aromatic heterocycles. The minimum atomic E-state index is -0.706. The molecule has 2 heterocycles. The lowest BCUT2D eigenvalue weighted by atomic mass is 9.82. The number of carbonyl (C=O) groups is 4. The van der Waals surface area contributed by atoms with Crippen LogP contribution in [0.1, 0.15) is 55.3 Å². The van der Waals surface area contributed by atoms with Gasteiger partial charge in [-0.05, 0) is 56.6 Å². The van der Waals surface area contributed by atoms with Gasteiger partial charge < -0.3 is 10.2 Å². The number of hydrogen-bond acceptors (Lipinski definition) is 6. The summed E-state index contributed by atoms with van der Waals surface area (Å²) in [4.78, 5) is 53.3. The number of nitrogens with zero attached hydrogens (tertiary/aromatic N) is 2. The van der Waals surface area contributed by atoms with Gasteiger partial charge in [-0.2, -0.15) is 0 Å². The molecule has 0 saturated heterocycles. The number of aliphatic hydroxyl groups excluding tert-OH is 2. The van der Waals surface area contributed by atoms with Crippen molar-refractivity contribution in [2.24, 2.45) is 0 Å². The fourth-order valence-corrected chi connectivity index (χ4v) is 5.62. The molecule has 0 aliphatic carbocycles. The summed E-state index contributed by atoms with van der Waals surface area (Å²) in [5, 5.41) is 24.9. The summed E-state index contributed by atoms with van der Waals surface area (Å²) in [6, 6.07) is 13.8. The van der Waals surface area contributed by atoms with Gasteiger partial charge in [-0.15, -0.1) is 0 Å². The first-order valence-corrected chi connectivity index (χ1v) is 11.6. The van der Waals surface area contributed by atoms with E-state index in [1.807, 2.05) is 13.8 Å². The predicted molar refractivity (Wildman–Crippen MR) is 134 cm³/mol. The van der Waals surface area contributed by atoms with Crippen LogP contribution >= 0.6 is 0 Å². The average Bonchev–Trinajstić information content (AvgIpc) is 2.91. The summed E-state index contributed by atoms with van der Waals surface area (Å²) in [6.45, 7) is 2.59. The van der Waals surface area contributed by atoms with Gasteiger partial charge in [-0.3, -0.25) is 29.0 Å². The molecule has 0 bridgehead atoms. The first kappa shape index (κ1) is 22.1. The zero-order valence-corrected chi connectivity index (χ0v) is 19.5. The van der Waals surface area contributed by atoms with Gasteiger partial charge in [0.05, 0.1) is 0 Å². The van der Waals surface area contributed by atoms with Crippen molar-refractivity contribution in [1.29, 1.82) is 0 Å². The molecule has 5 aromatic carbocycles. The number of amides is 4. The Morgan fingerprint density at radius 3 is 0.944 bits per heavy atom. The second kappa shape index (κ2) is 7.55. The molecule has 0 radical (unpaired) electrons. The van der Waals surface area contributed by atoms with Crippen LogP contribution in [-0.4, -0.2) is 57.1 Å². The van der Waals surface area contributed by atoms with Crippen molar-refractivity contribution in [3.05, 3.63) is 70.8 Å². The van der Waals surface area contributed by atoms with Gasteiger partial charge in [-0.25, -0.2) is 0 Å². The van der Waals surface area contributed by atoms with Crippen molar-refractivity contribution in [3.8, 4) is 0 Å². The highest BCUT2D eigenvalue weighted by molar-refractivity contribution is 6.41. The molecule has 36 heavy (non-hydrogen) atoms. The number of imide groups is 2. The highest BCUT2D eigenvalue weighted by atomic mass is 16.3. The zero-order chi connectivity index (χ0) is 25.5. The van der Waals surface area contributed by atoms with E-state index in [1.165, 1.54) is 0 Å². The maximum Gasteiger partial charge on any atom is 0.263 e. The molecule has 8 nitrogen and oxygen atoms in total. The Bertz CT molecular complexity index is 1570. The lowest BCUT2D eigenvalue weighted by molar-refractivity contribution is 0.0427. The summed E-state index contributed by atoms with van der Waals surface area (Å²) >= 11 is 0. The molecule has 4 amide bonds. The van der Waals surface area contributed by atoms with Crippen LogP contribution < -0.4 is 0 Å². The molecule has 8 heteroatoms. The van der Waals surface area contributed by atoms with Crippen LogP contribution in [0, 0.1) is 0 Å². The van der Waals surface area contributed by atoms with Gasteiger partial charge in [0.25, 0.3) is 23.6 Å². The maximum atomic E-state index is 12.9. The number of rotatable bonds is 2. The van der Waals surface area contributed by atoms with E-state index in [-0.39, 0.29) is 0 Å². The molecule has 2 aliphatic heterocycles. The molecule has 5 aromatic rings. The molecule has 0 unspecified atom stereocenters. The SMILES string of the molecule is CC.O=C1c2ccc3c4ccc5c6c(ccc(c7ccc(c2c37)C(=O)N1CO)c64)C(=O)N(CO)C5=O. The monoisotopic (exact) mass is 480 g/mol. The van der Waals surface area contributed by atoms with Gasteiger partial charge in [0.1, 0.15) is 13.5 Å². The van der Waals surface area contributed by atoms with Gasteiger partial charge >= 0.3 is 0 Å². The third-order valence-corrected chi connectivity index (χ3v) is 7.09. The lowest BCUT2D eigenvalue weighted by Crippen LogP contribution is -2.41. The number of carbonyl (C=O) groups excluding carboxylic acids is 4. The van der Waals surface area contributed by atoms with Crippen molar-refractivity contribution in [1.82, 2.24) is 9.80 Å². The minimum absolute atomic E-state index is 0.335. The van der Waals surface area contributed by atoms with Crippen LogP contribution in [0.4, 0.5) is 0 Å². The second-order valence-electron chi connectivity index (χ2n) is 8.50. The van der Waals surface area contributed by atoms with E-state index in [0.717, 1.165) is 42.1 Å². The van der Waals surface area contributed by atoms with Crippen LogP contribution in [0.15, 0.2) is 48.5 Å². The van der Waals surface area contributed by atoms with Crippen molar-refractivity contribution in [3.63, 3.8) is 0 Å². The smallest absolute Gasteiger partial charge is 0.263 e. The lowest BCUT2D eigenvalue weighted by Gasteiger charge is -2.28. The van der Waals surface area contributed by atoms with Crippen molar-refractivity contribution < 1.29 is 29.4 Å². The third-order valence-electron chi connectivity index (χ3n) is 7.09. The topological polar surface area (TPSA) is 115 Å². The highest BCUT2D eigenvalue weighted by Crippen LogP contribution is 2.46. The molecular formula is C28H20N2O6. The Kier molecular flexibility index (Phi) is 4.63. The normalized spacial score (nSPS) is 15.0. The Labute approximate surface area is 204 Å². The van der Waals surface area contributed by atoms with Gasteiger partial charge in [-0.1, -0.05) is 38.1 Å². The quantitative estimate of drug-likeness (QED) is 0.225. The largest absolute Gasteiger partial charge is 0.376 e. The molecule has 0 atom stereocenters. The van der Waals surface area contributed by atoms with Crippen LogP contribution in [0.2, 0.25) is 0 Å². The number of aliphatic hydroxyl groups is 2. The standard InChI is InChI=1S/C26H14N2O6.C2H6/c29-9-27-23(31)15-5-1-11-12-2-6-17-22-18(26(34)28(10-30)25(17)33)8-4-14(20(12)22)13-3-7-16(24(27)32)21(15)19(11)13;1-2/h1-8,29-30H,9-10H2;1-2H3. The van der Waals surface area contributed by atoms with Crippen molar-refractivity contribution in [2.45, 2.75) is 13.8 Å². The first-order valence-electron chi connectivity index (χ1n) is 11.6. The molecule has 0 spiro atoms. The van der Waals surface area contributed by atoms with Crippen LogP contribution in [0.5, 0.6) is 0 Å². The predicted octanol–water partition coefficient (Wildman–Crippen LogP) is 3.86. The van der Waals surface area contributed by atoms with Crippen LogP contribution in [0.25, 0.3) is 43.1 Å². The Morgan fingerprint density at radius 1 is 0.472 bits per heavy atom. The third kappa shape index (κ3) is 2.44. The van der Waals surface area contributed by atoms with Gasteiger partial charge in [0, 0.05) is 33.0 Å². The summed E-state index contributed by atoms with van der Waals surface area (Å²) in [6.07, 6.45) is 0. The summed E-state index contributed by atoms with van der Waals surface area (Å²) in [5.74, 6) is -2.22. The molecule has 0 saturated carbocycles. The van der Waals surface area contributed by atoms with Gasteiger partial charge in [0.15, 0.2) is 0 Å². The highest BCUT2D eigenvalue weighted by Gasteiger charge is 2.36. The van der Waals surface area contributed by atoms with E-state index in [0.29, 0.717) is 33.0 Å². The van der Waals surface area contributed by atoms with E-state index in [9.17, 15) is 29.4 Å². The number of fused-ring (bicyclic) bond motifs is 2. The van der Waals surface area contributed by atoms with Crippen molar-refractivity contribution >= 4 is 66.7 Å². The fraction of sp³-hybridized carbons (Fsp3) is 0.143. The van der Waals surface area contributed by atoms with E-state index in [1.54, 1.807) is 48.5 Å². The number of hydrogen-bond donors (Lipinski definition) is 2. The Hall–Kier alpha value is -4.40. The molecular weight excluding hydrogens is 460 g/mol. The number of benzene rings is 5. The van der Waals surface area contributed by atoms with E-state index < -0.39 is 37.1 Å². The van der Waals surface area contributed by atoms with E-state index in [4.69, 9.17) is 0 Å². The van der Waals surface area contributed by atoms with Crippen LogP contribution in [-0.2, 0) is 0 Å². The Morgan fingerprint density at radius 2 is 0.722 bits per heavy atom. The average molecular weight is 480 g/mol. The van der Waals surface area contributed by atoms with Crippen molar-refractivity contribution in [2.75, 3.05) is 13.5 Å². The van der Waals surface area contributed by atoms with E-state index >= 15 is 0 Å². The summed E-state index contributed by atoms with van der Waals surface area (Å²) in [7, 11) is 0. The Balaban J connectivity index is 0.00000117. The zero-order valence-electron chi connectivity index (χ0n) is 19.5. The molecule has 7 rings (SSSR count). The molecule has 2 N–H and O–H groups in total. The molecule has 178 valence electrons.